The highest BCUT2D eigenvalue weighted by molar-refractivity contribution is 5.91. The molecule has 1 saturated heterocycles. The van der Waals surface area contributed by atoms with Crippen LogP contribution in [0.1, 0.15) is 27.2 Å². The lowest BCUT2D eigenvalue weighted by Crippen LogP contribution is -2.27. The molecule has 0 aliphatic carbocycles. The Balaban J connectivity index is 2.56. The molecule has 1 rings (SSSR count). The van der Waals surface area contributed by atoms with Crippen LogP contribution < -0.4 is 0 Å². The first-order valence-corrected chi connectivity index (χ1v) is 4.89. The van der Waals surface area contributed by atoms with E-state index in [-0.39, 0.29) is 5.41 Å². The molecule has 1 heterocycles. The van der Waals surface area contributed by atoms with Crippen LogP contribution in [0.5, 0.6) is 0 Å². The molecule has 1 aliphatic heterocycles. The fraction of sp³-hybridized carbons (Fsp3) is 0.636. The second-order valence-electron chi connectivity index (χ2n) is 4.58. The third-order valence-electron chi connectivity index (χ3n) is 2.29. The molecule has 0 spiro atoms. The van der Waals surface area contributed by atoms with Crippen molar-refractivity contribution in [1.29, 1.82) is 0 Å². The van der Waals surface area contributed by atoms with Crippen LogP contribution in [0, 0.1) is 5.41 Å². The average molecular weight is 212 g/mol. The molecule has 15 heavy (non-hydrogen) atoms. The summed E-state index contributed by atoms with van der Waals surface area (Å²) in [5, 5.41) is 0. The number of cyclic esters (lactones) is 1. The maximum atomic E-state index is 11.6. The Kier molecular flexibility index (Phi) is 3.17. The number of hydrogen-bond acceptors (Lipinski definition) is 4. The predicted molar refractivity (Wildman–Crippen MR) is 54.1 cm³/mol. The number of carbonyl (C=O) groups excluding carboxylic acids is 2. The van der Waals surface area contributed by atoms with Gasteiger partial charge in [-0.1, -0.05) is 27.4 Å². The first-order chi connectivity index (χ1) is 6.82. The summed E-state index contributed by atoms with van der Waals surface area (Å²) in [4.78, 5) is 22.6. The van der Waals surface area contributed by atoms with Crippen LogP contribution in [-0.2, 0) is 19.1 Å². The number of esters is 2. The largest absolute Gasteiger partial charge is 0.463 e. The van der Waals surface area contributed by atoms with E-state index in [4.69, 9.17) is 4.74 Å². The average Bonchev–Trinajstić information content (AvgIpc) is 2.49. The summed E-state index contributed by atoms with van der Waals surface area (Å²) < 4.78 is 9.68. The molecule has 0 radical (unpaired) electrons. The van der Waals surface area contributed by atoms with Crippen LogP contribution in [0.2, 0.25) is 0 Å². The van der Waals surface area contributed by atoms with Gasteiger partial charge >= 0.3 is 11.9 Å². The monoisotopic (exact) mass is 212 g/mol. The highest BCUT2D eigenvalue weighted by atomic mass is 16.6. The van der Waals surface area contributed by atoms with E-state index in [0.29, 0.717) is 18.6 Å². The Morgan fingerprint density at radius 3 is 2.53 bits per heavy atom. The molecular formula is C11H16O4. The lowest BCUT2D eigenvalue weighted by molar-refractivity contribution is -0.158. The van der Waals surface area contributed by atoms with Crippen molar-refractivity contribution in [3.8, 4) is 0 Å². The standard InChI is InChI=1S/C11H16O4/c1-7(11(2,3)4)9(12)15-8-5-6-14-10(8)13/h8H,1,5-6H2,2-4H3. The van der Waals surface area contributed by atoms with Crippen molar-refractivity contribution in [3.05, 3.63) is 12.2 Å². The first kappa shape index (κ1) is 11.8. The topological polar surface area (TPSA) is 52.6 Å². The zero-order chi connectivity index (χ0) is 11.6. The first-order valence-electron chi connectivity index (χ1n) is 4.89. The Morgan fingerprint density at radius 2 is 2.13 bits per heavy atom. The van der Waals surface area contributed by atoms with Gasteiger partial charge in [0.1, 0.15) is 0 Å². The molecule has 84 valence electrons. The van der Waals surface area contributed by atoms with Gasteiger partial charge in [0, 0.05) is 12.0 Å². The van der Waals surface area contributed by atoms with Crippen molar-refractivity contribution in [3.63, 3.8) is 0 Å². The van der Waals surface area contributed by atoms with E-state index >= 15 is 0 Å². The molecule has 0 bridgehead atoms. The Labute approximate surface area is 89.2 Å². The number of rotatable bonds is 2. The smallest absolute Gasteiger partial charge is 0.347 e. The van der Waals surface area contributed by atoms with Crippen LogP contribution >= 0.6 is 0 Å². The summed E-state index contributed by atoms with van der Waals surface area (Å²) in [6, 6.07) is 0. The predicted octanol–water partition coefficient (Wildman–Crippen LogP) is 1.45. The van der Waals surface area contributed by atoms with Gasteiger partial charge in [0.05, 0.1) is 6.61 Å². The molecule has 4 nitrogen and oxygen atoms in total. The third-order valence-corrected chi connectivity index (χ3v) is 2.29. The van der Waals surface area contributed by atoms with Crippen molar-refractivity contribution in [2.24, 2.45) is 5.41 Å². The number of hydrogen-bond donors (Lipinski definition) is 0. The highest BCUT2D eigenvalue weighted by Gasteiger charge is 2.32. The molecule has 1 atom stereocenters. The molecule has 0 amide bonds. The van der Waals surface area contributed by atoms with Crippen molar-refractivity contribution < 1.29 is 19.1 Å². The summed E-state index contributed by atoms with van der Waals surface area (Å²) >= 11 is 0. The molecule has 0 aromatic rings. The Hall–Kier alpha value is -1.32. The summed E-state index contributed by atoms with van der Waals surface area (Å²) in [6.07, 6.45) is -0.321. The highest BCUT2D eigenvalue weighted by Crippen LogP contribution is 2.25. The van der Waals surface area contributed by atoms with E-state index < -0.39 is 18.0 Å². The van der Waals surface area contributed by atoms with Gasteiger partial charge in [-0.05, 0) is 5.41 Å². The van der Waals surface area contributed by atoms with Crippen molar-refractivity contribution >= 4 is 11.9 Å². The lowest BCUT2D eigenvalue weighted by atomic mass is 9.88. The Morgan fingerprint density at radius 1 is 1.53 bits per heavy atom. The second-order valence-corrected chi connectivity index (χ2v) is 4.58. The fourth-order valence-electron chi connectivity index (χ4n) is 1.09. The van der Waals surface area contributed by atoms with E-state index in [0.717, 1.165) is 0 Å². The maximum Gasteiger partial charge on any atom is 0.347 e. The van der Waals surface area contributed by atoms with Gasteiger partial charge in [-0.25, -0.2) is 9.59 Å². The molecule has 4 heteroatoms. The summed E-state index contributed by atoms with van der Waals surface area (Å²) in [6.45, 7) is 9.58. The van der Waals surface area contributed by atoms with Gasteiger partial charge in [0.15, 0.2) is 0 Å². The molecule has 0 saturated carbocycles. The minimum absolute atomic E-state index is 0.318. The van der Waals surface area contributed by atoms with Crippen molar-refractivity contribution in [2.45, 2.75) is 33.3 Å². The van der Waals surface area contributed by atoms with E-state index in [1.54, 1.807) is 0 Å². The minimum Gasteiger partial charge on any atom is -0.463 e. The van der Waals surface area contributed by atoms with Crippen LogP contribution in [0.3, 0.4) is 0 Å². The van der Waals surface area contributed by atoms with Gasteiger partial charge in [-0.15, -0.1) is 0 Å². The van der Waals surface area contributed by atoms with Crippen LogP contribution in [0.15, 0.2) is 12.2 Å². The lowest BCUT2D eigenvalue weighted by Gasteiger charge is -2.20. The van der Waals surface area contributed by atoms with Crippen LogP contribution in [0.4, 0.5) is 0 Å². The van der Waals surface area contributed by atoms with E-state index in [9.17, 15) is 9.59 Å². The molecule has 1 unspecified atom stereocenters. The molecule has 0 N–H and O–H groups in total. The molecule has 1 fully saturated rings. The summed E-state index contributed by atoms with van der Waals surface area (Å²) in [5.41, 5.74) is 0.0155. The van der Waals surface area contributed by atoms with Crippen molar-refractivity contribution in [2.75, 3.05) is 6.61 Å². The molecular weight excluding hydrogens is 196 g/mol. The van der Waals surface area contributed by atoms with Gasteiger partial charge < -0.3 is 9.47 Å². The van der Waals surface area contributed by atoms with Crippen LogP contribution in [0.25, 0.3) is 0 Å². The molecule has 0 aromatic heterocycles. The SMILES string of the molecule is C=C(C(=O)OC1CCOC1=O)C(C)(C)C. The van der Waals surface area contributed by atoms with E-state index in [1.165, 1.54) is 0 Å². The molecule has 1 aliphatic rings. The van der Waals surface area contributed by atoms with Gasteiger partial charge in [-0.3, -0.25) is 0 Å². The zero-order valence-corrected chi connectivity index (χ0v) is 9.33. The van der Waals surface area contributed by atoms with E-state index in [1.807, 2.05) is 20.8 Å². The minimum atomic E-state index is -0.753. The summed E-state index contributed by atoms with van der Waals surface area (Å²) in [7, 11) is 0. The number of ether oxygens (including phenoxy) is 2. The van der Waals surface area contributed by atoms with E-state index in [2.05, 4.69) is 11.3 Å². The third kappa shape index (κ3) is 2.81. The second kappa shape index (κ2) is 4.04. The Bertz CT molecular complexity index is 298. The maximum absolute atomic E-state index is 11.6. The van der Waals surface area contributed by atoms with Crippen LogP contribution in [-0.4, -0.2) is 24.6 Å². The fourth-order valence-corrected chi connectivity index (χ4v) is 1.09. The number of carbonyl (C=O) groups is 2. The van der Waals surface area contributed by atoms with Gasteiger partial charge in [0.2, 0.25) is 6.10 Å². The van der Waals surface area contributed by atoms with Gasteiger partial charge in [0.25, 0.3) is 0 Å². The normalized spacial score (nSPS) is 21.0. The molecule has 0 aromatic carbocycles. The summed E-state index contributed by atoms with van der Waals surface area (Å²) in [5.74, 6) is -0.989. The zero-order valence-electron chi connectivity index (χ0n) is 9.33. The van der Waals surface area contributed by atoms with Crippen molar-refractivity contribution in [1.82, 2.24) is 0 Å². The quantitative estimate of drug-likeness (QED) is 0.513. The van der Waals surface area contributed by atoms with Gasteiger partial charge in [-0.2, -0.15) is 0 Å².